The van der Waals surface area contributed by atoms with Crippen LogP contribution in [0.15, 0.2) is 0 Å². The van der Waals surface area contributed by atoms with Crippen molar-refractivity contribution >= 4 is 50.1 Å². The van der Waals surface area contributed by atoms with E-state index in [9.17, 15) is 0 Å². The summed E-state index contributed by atoms with van der Waals surface area (Å²) < 4.78 is 0. The minimum absolute atomic E-state index is 0. The van der Waals surface area contributed by atoms with Crippen LogP contribution >= 0.6 is 0 Å². The third-order valence-electron chi connectivity index (χ3n) is 0.167. The zero-order chi connectivity index (χ0) is 17.7. The van der Waals surface area contributed by atoms with Crippen molar-refractivity contribution in [1.82, 2.24) is 0 Å². The third-order valence-corrected chi connectivity index (χ3v) is 0.167. The maximum atomic E-state index is 8.89. The standard InChI is InChI=1S/C2H8N2.4C2H4O2.Bi.Na/c3-1-2-4;4*1-2(3)4;;/h1-4H2;4*1H3,(H,3,4);;/q;;;;;+3;+1/p-4. The van der Waals surface area contributed by atoms with Crippen molar-refractivity contribution in [3.63, 3.8) is 0 Å². The van der Waals surface area contributed by atoms with Gasteiger partial charge in [-0.05, 0) is 27.7 Å². The first-order chi connectivity index (χ1) is 8.84. The summed E-state index contributed by atoms with van der Waals surface area (Å²) in [5, 5.41) is 35.6. The molecule has 0 aromatic rings. The fourth-order valence-corrected chi connectivity index (χ4v) is 0. The molecule has 0 saturated heterocycles. The molecule has 0 amide bonds. The van der Waals surface area contributed by atoms with Gasteiger partial charge in [-0.15, -0.1) is 0 Å². The van der Waals surface area contributed by atoms with Gasteiger partial charge in [-0.2, -0.15) is 0 Å². The molecule has 0 aliphatic heterocycles. The van der Waals surface area contributed by atoms with E-state index in [1.165, 1.54) is 0 Å². The van der Waals surface area contributed by atoms with E-state index >= 15 is 0 Å². The largest absolute Gasteiger partial charge is 3.00 e. The SMILES string of the molecule is CC(=O)[O-].CC(=O)[O-].CC(=O)[O-].CC(=O)[O-].NCCN.[Bi+3].[Na+]. The fraction of sp³-hybridized carbons (Fsp3) is 0.600. The van der Waals surface area contributed by atoms with Gasteiger partial charge in [-0.25, -0.2) is 0 Å². The van der Waals surface area contributed by atoms with Gasteiger partial charge < -0.3 is 51.1 Å². The van der Waals surface area contributed by atoms with Gasteiger partial charge in [0.2, 0.25) is 0 Å². The van der Waals surface area contributed by atoms with Crippen LogP contribution in [-0.2, 0) is 19.2 Å². The molecule has 0 aliphatic rings. The molecule has 0 fully saturated rings. The topological polar surface area (TPSA) is 213 Å². The summed E-state index contributed by atoms with van der Waals surface area (Å²) in [6, 6.07) is 0. The fourth-order valence-electron chi connectivity index (χ4n) is 0. The number of carboxylic acids is 4. The smallest absolute Gasteiger partial charge is 0.550 e. The van der Waals surface area contributed by atoms with E-state index in [-0.39, 0.29) is 55.8 Å². The Bertz CT molecular complexity index is 201. The molecule has 2 radical (unpaired) electrons. The zero-order valence-corrected chi connectivity index (χ0v) is 18.8. The van der Waals surface area contributed by atoms with Crippen molar-refractivity contribution in [2.24, 2.45) is 11.5 Å². The van der Waals surface area contributed by atoms with Gasteiger partial charge >= 0.3 is 55.8 Å². The Kier molecular flexibility index (Phi) is 83.7. The van der Waals surface area contributed by atoms with Crippen LogP contribution in [0.25, 0.3) is 0 Å². The van der Waals surface area contributed by atoms with Gasteiger partial charge in [-0.3, -0.25) is 0 Å². The van der Waals surface area contributed by atoms with Crippen molar-refractivity contribution < 1.29 is 69.2 Å². The van der Waals surface area contributed by atoms with E-state index in [1.807, 2.05) is 0 Å². The van der Waals surface area contributed by atoms with Crippen LogP contribution in [-0.4, -0.2) is 63.2 Å². The van der Waals surface area contributed by atoms with Crippen LogP contribution in [0, 0.1) is 0 Å². The maximum Gasteiger partial charge on any atom is 3.00 e. The molecule has 0 bridgehead atoms. The molecule has 22 heavy (non-hydrogen) atoms. The molecule has 0 spiro atoms. The summed E-state index contributed by atoms with van der Waals surface area (Å²) >= 11 is 0. The Balaban J connectivity index is -0.0000000250. The van der Waals surface area contributed by atoms with E-state index in [0.717, 1.165) is 27.7 Å². The first-order valence-corrected chi connectivity index (χ1v) is 4.95. The van der Waals surface area contributed by atoms with Gasteiger partial charge in [-0.1, -0.05) is 0 Å². The Morgan fingerprint density at radius 1 is 0.636 bits per heavy atom. The maximum absolute atomic E-state index is 8.89. The average Bonchev–Trinajstić information content (AvgIpc) is 2.13. The molecule has 0 aromatic carbocycles. The molecule has 0 aromatic heterocycles. The minimum atomic E-state index is -1.08. The number of carbonyl (C=O) groups is 4. The van der Waals surface area contributed by atoms with Gasteiger partial charge in [0.15, 0.2) is 0 Å². The van der Waals surface area contributed by atoms with Gasteiger partial charge in [0, 0.05) is 37.0 Å². The first kappa shape index (κ1) is 43.0. The van der Waals surface area contributed by atoms with E-state index < -0.39 is 23.9 Å². The predicted octanol–water partition coefficient (Wildman–Crippen LogP) is -9.45. The van der Waals surface area contributed by atoms with Gasteiger partial charge in [0.05, 0.1) is 0 Å². The molecule has 0 unspecified atom stereocenters. The molecule has 0 heterocycles. The molecule has 4 N–H and O–H groups in total. The molecular weight excluding hydrogens is 508 g/mol. The molecule has 0 aliphatic carbocycles. The third kappa shape index (κ3) is 14700. The van der Waals surface area contributed by atoms with Crippen LogP contribution in [0.2, 0.25) is 0 Å². The predicted molar refractivity (Wildman–Crippen MR) is 66.6 cm³/mol. The Hall–Kier alpha value is -0.317. The molecular formula is C10H20BiN2NaO8. The Labute approximate surface area is 170 Å². The van der Waals surface area contributed by atoms with Crippen LogP contribution in [0.5, 0.6) is 0 Å². The first-order valence-electron chi connectivity index (χ1n) is 4.95. The van der Waals surface area contributed by atoms with Crippen molar-refractivity contribution in [2.75, 3.05) is 13.1 Å². The normalized spacial score (nSPS) is 5.91. The van der Waals surface area contributed by atoms with Gasteiger partial charge in [0.25, 0.3) is 0 Å². The van der Waals surface area contributed by atoms with Gasteiger partial charge in [0.1, 0.15) is 0 Å². The number of rotatable bonds is 1. The van der Waals surface area contributed by atoms with Crippen molar-refractivity contribution in [1.29, 1.82) is 0 Å². The Morgan fingerprint density at radius 2 is 0.682 bits per heavy atom. The summed E-state index contributed by atoms with van der Waals surface area (Å²) in [5.41, 5.74) is 9.81. The van der Waals surface area contributed by atoms with Crippen LogP contribution < -0.4 is 61.5 Å². The van der Waals surface area contributed by atoms with Crippen LogP contribution in [0.4, 0.5) is 0 Å². The Morgan fingerprint density at radius 3 is 0.682 bits per heavy atom. The molecule has 12 heteroatoms. The molecule has 124 valence electrons. The minimum Gasteiger partial charge on any atom is -0.550 e. The van der Waals surface area contributed by atoms with E-state index in [1.54, 1.807) is 0 Å². The summed E-state index contributed by atoms with van der Waals surface area (Å²) in [4.78, 5) is 35.6. The zero-order valence-electron chi connectivity index (χ0n) is 13.3. The molecule has 0 rings (SSSR count). The number of aliphatic carboxylic acids is 4. The second-order valence-corrected chi connectivity index (χ2v) is 2.54. The second-order valence-electron chi connectivity index (χ2n) is 2.54. The number of carbonyl (C=O) groups excluding carboxylic acids is 4. The van der Waals surface area contributed by atoms with E-state index in [0.29, 0.717) is 13.1 Å². The van der Waals surface area contributed by atoms with Crippen LogP contribution in [0.3, 0.4) is 0 Å². The average molecular weight is 528 g/mol. The number of hydrogen-bond acceptors (Lipinski definition) is 10. The van der Waals surface area contributed by atoms with Crippen molar-refractivity contribution in [3.8, 4) is 0 Å². The summed E-state index contributed by atoms with van der Waals surface area (Å²) in [6.45, 7) is 5.08. The summed E-state index contributed by atoms with van der Waals surface area (Å²) in [5.74, 6) is -4.33. The number of nitrogens with two attached hydrogens (primary N) is 2. The number of hydrogen-bond donors (Lipinski definition) is 2. The summed E-state index contributed by atoms with van der Waals surface area (Å²) in [7, 11) is 0. The quantitative estimate of drug-likeness (QED) is 0.307. The van der Waals surface area contributed by atoms with E-state index in [4.69, 9.17) is 51.1 Å². The van der Waals surface area contributed by atoms with Crippen molar-refractivity contribution in [2.45, 2.75) is 27.7 Å². The molecule has 0 saturated carbocycles. The van der Waals surface area contributed by atoms with E-state index in [2.05, 4.69) is 0 Å². The van der Waals surface area contributed by atoms with Crippen molar-refractivity contribution in [3.05, 3.63) is 0 Å². The summed E-state index contributed by atoms with van der Waals surface area (Å²) in [6.07, 6.45) is 0. The second kappa shape index (κ2) is 42.8. The number of carboxylic acid groups (broad SMARTS) is 4. The molecule has 0 atom stereocenters. The van der Waals surface area contributed by atoms with Crippen LogP contribution in [0.1, 0.15) is 27.7 Å². The monoisotopic (exact) mass is 528 g/mol. The molecule has 10 nitrogen and oxygen atoms in total.